The molecule has 0 fully saturated rings. The Morgan fingerprint density at radius 3 is 2.71 bits per heavy atom. The van der Waals surface area contributed by atoms with Gasteiger partial charge in [0, 0.05) is 12.7 Å². The maximum absolute atomic E-state index is 12.3. The largest absolute Gasteiger partial charge is 0.416 e. The van der Waals surface area contributed by atoms with Crippen molar-refractivity contribution < 1.29 is 23.4 Å². The molecule has 0 unspecified atom stereocenters. The lowest BCUT2D eigenvalue weighted by atomic mass is 10.2. The lowest BCUT2D eigenvalue weighted by molar-refractivity contribution is -0.137. The van der Waals surface area contributed by atoms with Crippen molar-refractivity contribution in [1.29, 1.82) is 0 Å². The van der Waals surface area contributed by atoms with E-state index in [-0.39, 0.29) is 25.4 Å². The Balaban J connectivity index is 2.55. The average Bonchev–Trinajstić information content (AvgIpc) is 2.28. The number of aromatic nitrogens is 1. The van der Waals surface area contributed by atoms with Crippen molar-refractivity contribution in [2.24, 2.45) is 0 Å². The Morgan fingerprint density at radius 1 is 1.41 bits per heavy atom. The van der Waals surface area contributed by atoms with Gasteiger partial charge in [0.2, 0.25) is 0 Å². The third kappa shape index (κ3) is 4.58. The van der Waals surface area contributed by atoms with Crippen LogP contribution in [0.2, 0.25) is 0 Å². The standard InChI is InChI=1S/C10H13F3N2O2/c11-10(12,13)7-1-3-14-9(5-7)15-4-2-8(17)6-16/h1,3,5,8,16-17H,2,4,6H2,(H,14,15)/t8-/m0/s1. The van der Waals surface area contributed by atoms with Gasteiger partial charge in [-0.3, -0.25) is 0 Å². The number of pyridine rings is 1. The first-order valence-corrected chi connectivity index (χ1v) is 4.99. The van der Waals surface area contributed by atoms with Crippen molar-refractivity contribution in [1.82, 2.24) is 4.98 Å². The number of alkyl halides is 3. The van der Waals surface area contributed by atoms with Gasteiger partial charge in [-0.25, -0.2) is 4.98 Å². The van der Waals surface area contributed by atoms with E-state index in [1.807, 2.05) is 0 Å². The number of aliphatic hydroxyl groups excluding tert-OH is 2. The molecule has 0 bridgehead atoms. The molecule has 1 aromatic heterocycles. The van der Waals surface area contributed by atoms with Crippen LogP contribution in [-0.2, 0) is 6.18 Å². The number of nitrogens with zero attached hydrogens (tertiary/aromatic N) is 1. The molecule has 4 nitrogen and oxygen atoms in total. The highest BCUT2D eigenvalue weighted by atomic mass is 19.4. The number of hydrogen-bond donors (Lipinski definition) is 3. The zero-order valence-electron chi connectivity index (χ0n) is 8.91. The molecule has 0 aromatic carbocycles. The van der Waals surface area contributed by atoms with Gasteiger partial charge >= 0.3 is 6.18 Å². The second-order valence-electron chi connectivity index (χ2n) is 3.48. The van der Waals surface area contributed by atoms with Crippen molar-refractivity contribution >= 4 is 5.82 Å². The summed E-state index contributed by atoms with van der Waals surface area (Å²) in [6, 6.07) is 1.78. The Bertz CT molecular complexity index is 358. The summed E-state index contributed by atoms with van der Waals surface area (Å²) in [6.45, 7) is -0.145. The monoisotopic (exact) mass is 250 g/mol. The number of halogens is 3. The van der Waals surface area contributed by atoms with E-state index in [0.29, 0.717) is 0 Å². The first-order valence-electron chi connectivity index (χ1n) is 4.99. The zero-order valence-corrected chi connectivity index (χ0v) is 8.91. The molecule has 1 rings (SSSR count). The van der Waals surface area contributed by atoms with Crippen LogP contribution in [0, 0.1) is 0 Å². The predicted octanol–water partition coefficient (Wildman–Crippen LogP) is 1.26. The number of rotatable bonds is 5. The van der Waals surface area contributed by atoms with Crippen molar-refractivity contribution in [3.63, 3.8) is 0 Å². The SMILES string of the molecule is OC[C@@H](O)CCNc1cc(C(F)(F)F)ccn1. The molecule has 0 saturated heterocycles. The number of anilines is 1. The Morgan fingerprint density at radius 2 is 2.12 bits per heavy atom. The van der Waals surface area contributed by atoms with E-state index in [2.05, 4.69) is 10.3 Å². The van der Waals surface area contributed by atoms with Gasteiger partial charge in [0.15, 0.2) is 0 Å². The van der Waals surface area contributed by atoms with Crippen LogP contribution in [0.25, 0.3) is 0 Å². The zero-order chi connectivity index (χ0) is 12.9. The third-order valence-electron chi connectivity index (χ3n) is 2.08. The fourth-order valence-electron chi connectivity index (χ4n) is 1.16. The third-order valence-corrected chi connectivity index (χ3v) is 2.08. The summed E-state index contributed by atoms with van der Waals surface area (Å²) in [5.41, 5.74) is -0.780. The van der Waals surface area contributed by atoms with Gasteiger partial charge in [0.1, 0.15) is 5.82 Å². The van der Waals surface area contributed by atoms with Crippen LogP contribution in [0.4, 0.5) is 19.0 Å². The maximum atomic E-state index is 12.3. The first-order chi connectivity index (χ1) is 7.93. The fraction of sp³-hybridized carbons (Fsp3) is 0.500. The maximum Gasteiger partial charge on any atom is 0.416 e. The summed E-state index contributed by atoms with van der Waals surface area (Å²) >= 11 is 0. The second-order valence-corrected chi connectivity index (χ2v) is 3.48. The quantitative estimate of drug-likeness (QED) is 0.736. The van der Waals surface area contributed by atoms with Gasteiger partial charge in [0.05, 0.1) is 18.3 Å². The summed E-state index contributed by atoms with van der Waals surface area (Å²) in [4.78, 5) is 3.72. The van der Waals surface area contributed by atoms with Crippen LogP contribution in [0.5, 0.6) is 0 Å². The molecule has 3 N–H and O–H groups in total. The fourth-order valence-corrected chi connectivity index (χ4v) is 1.16. The summed E-state index contributed by atoms with van der Waals surface area (Å²) < 4.78 is 37.0. The molecule has 0 aliphatic rings. The molecule has 1 atom stereocenters. The molecule has 0 saturated carbocycles. The topological polar surface area (TPSA) is 65.4 Å². The molecular formula is C10H13F3N2O2. The van der Waals surface area contributed by atoms with E-state index in [4.69, 9.17) is 10.2 Å². The van der Waals surface area contributed by atoms with Gasteiger partial charge in [-0.15, -0.1) is 0 Å². The highest BCUT2D eigenvalue weighted by molar-refractivity contribution is 5.38. The predicted molar refractivity (Wildman–Crippen MR) is 55.4 cm³/mol. The summed E-state index contributed by atoms with van der Waals surface area (Å²) in [7, 11) is 0. The van der Waals surface area contributed by atoms with Crippen LogP contribution in [-0.4, -0.2) is 34.5 Å². The molecule has 0 radical (unpaired) electrons. The molecule has 0 aliphatic heterocycles. The van der Waals surface area contributed by atoms with E-state index in [9.17, 15) is 13.2 Å². The molecule has 17 heavy (non-hydrogen) atoms. The molecule has 0 amide bonds. The van der Waals surface area contributed by atoms with E-state index in [0.717, 1.165) is 18.3 Å². The van der Waals surface area contributed by atoms with Gasteiger partial charge in [0.25, 0.3) is 0 Å². The minimum Gasteiger partial charge on any atom is -0.394 e. The number of nitrogens with one attached hydrogen (secondary N) is 1. The minimum absolute atomic E-state index is 0.0879. The lowest BCUT2D eigenvalue weighted by Gasteiger charge is -2.11. The Hall–Kier alpha value is -1.34. The van der Waals surface area contributed by atoms with E-state index < -0.39 is 17.8 Å². The molecule has 0 aliphatic carbocycles. The normalized spacial score (nSPS) is 13.5. The van der Waals surface area contributed by atoms with Gasteiger partial charge in [-0.1, -0.05) is 0 Å². The molecule has 7 heteroatoms. The van der Waals surface area contributed by atoms with Gasteiger partial charge < -0.3 is 15.5 Å². The van der Waals surface area contributed by atoms with E-state index in [1.165, 1.54) is 0 Å². The van der Waals surface area contributed by atoms with Gasteiger partial charge in [-0.05, 0) is 18.6 Å². The van der Waals surface area contributed by atoms with Gasteiger partial charge in [-0.2, -0.15) is 13.2 Å². The van der Waals surface area contributed by atoms with E-state index in [1.54, 1.807) is 0 Å². The van der Waals surface area contributed by atoms with Crippen LogP contribution in [0.3, 0.4) is 0 Å². The second kappa shape index (κ2) is 5.83. The van der Waals surface area contributed by atoms with Crippen LogP contribution in [0.1, 0.15) is 12.0 Å². The van der Waals surface area contributed by atoms with Crippen molar-refractivity contribution in [3.8, 4) is 0 Å². The molecular weight excluding hydrogens is 237 g/mol. The van der Waals surface area contributed by atoms with Crippen LogP contribution < -0.4 is 5.32 Å². The summed E-state index contributed by atoms with van der Waals surface area (Å²) in [5.74, 6) is 0.0879. The molecule has 1 aromatic rings. The van der Waals surface area contributed by atoms with Crippen LogP contribution >= 0.6 is 0 Å². The molecule has 96 valence electrons. The Kier molecular flexibility index (Phi) is 4.71. The lowest BCUT2D eigenvalue weighted by Crippen LogP contribution is -2.17. The minimum atomic E-state index is -4.40. The van der Waals surface area contributed by atoms with Crippen LogP contribution in [0.15, 0.2) is 18.3 Å². The number of aliphatic hydroxyl groups is 2. The van der Waals surface area contributed by atoms with Crippen molar-refractivity contribution in [2.75, 3.05) is 18.5 Å². The highest BCUT2D eigenvalue weighted by Crippen LogP contribution is 2.29. The van der Waals surface area contributed by atoms with Crippen molar-refractivity contribution in [3.05, 3.63) is 23.9 Å². The summed E-state index contributed by atoms with van der Waals surface area (Å²) in [5, 5.41) is 20.2. The number of hydrogen-bond acceptors (Lipinski definition) is 4. The van der Waals surface area contributed by atoms with E-state index >= 15 is 0 Å². The Labute approximate surface area is 96.1 Å². The smallest absolute Gasteiger partial charge is 0.394 e. The van der Waals surface area contributed by atoms with Crippen molar-refractivity contribution in [2.45, 2.75) is 18.7 Å². The highest BCUT2D eigenvalue weighted by Gasteiger charge is 2.30. The summed E-state index contributed by atoms with van der Waals surface area (Å²) in [6.07, 6.45) is -3.99. The average molecular weight is 250 g/mol. The first kappa shape index (κ1) is 13.7. The molecule has 0 spiro atoms. The molecule has 1 heterocycles.